The minimum absolute atomic E-state index is 0.292. The van der Waals surface area contributed by atoms with Crippen LogP contribution in [0, 0.1) is 5.41 Å². The molecule has 2 aromatic carbocycles. The second-order valence-corrected chi connectivity index (χ2v) is 10.8. The van der Waals surface area contributed by atoms with E-state index in [1.165, 1.54) is 4.90 Å². The average Bonchev–Trinajstić information content (AvgIpc) is 3.11. The number of rotatable bonds is 3. The third-order valence-corrected chi connectivity index (χ3v) is 6.15. The molecule has 0 aliphatic carbocycles. The Morgan fingerprint density at radius 2 is 1.69 bits per heavy atom. The molecule has 0 spiro atoms. The van der Waals surface area contributed by atoms with Crippen molar-refractivity contribution in [1.82, 2.24) is 9.80 Å². The van der Waals surface area contributed by atoms with E-state index in [2.05, 4.69) is 18.2 Å². The lowest BCUT2D eigenvalue weighted by Crippen LogP contribution is -2.55. The predicted molar refractivity (Wildman–Crippen MR) is 127 cm³/mol. The number of fused-ring (bicyclic) bond motifs is 1. The second-order valence-electron chi connectivity index (χ2n) is 10.8. The summed E-state index contributed by atoms with van der Waals surface area (Å²) in [4.78, 5) is 28.9. The fourth-order valence-electron chi connectivity index (χ4n) is 4.99. The van der Waals surface area contributed by atoms with Crippen LogP contribution in [0.3, 0.4) is 0 Å². The van der Waals surface area contributed by atoms with Crippen molar-refractivity contribution in [2.24, 2.45) is 5.41 Å². The molecule has 1 heterocycles. The van der Waals surface area contributed by atoms with Gasteiger partial charge in [-0.25, -0.2) is 9.59 Å². The van der Waals surface area contributed by atoms with Crippen molar-refractivity contribution >= 4 is 23.0 Å². The minimum atomic E-state index is -0.950. The molecule has 1 aliphatic rings. The van der Waals surface area contributed by atoms with Gasteiger partial charge < -0.3 is 14.7 Å². The third-order valence-electron chi connectivity index (χ3n) is 6.15. The summed E-state index contributed by atoms with van der Waals surface area (Å²) in [6, 6.07) is 13.3. The Hall–Kier alpha value is -2.76. The molecule has 1 fully saturated rings. The number of carboxylic acid groups (broad SMARTS) is 1. The number of likely N-dealkylation sites (tertiary alicyclic amines) is 1. The number of carbonyl (C=O) groups is 2. The molecular weight excluding hydrogens is 404 g/mol. The van der Waals surface area contributed by atoms with Crippen LogP contribution in [-0.2, 0) is 4.74 Å². The summed E-state index contributed by atoms with van der Waals surface area (Å²) in [7, 11) is 0. The van der Waals surface area contributed by atoms with E-state index in [9.17, 15) is 14.7 Å². The number of nitrogens with zero attached hydrogens (tertiary/aromatic N) is 2. The van der Waals surface area contributed by atoms with Crippen molar-refractivity contribution in [3.05, 3.63) is 48.0 Å². The smallest absolute Gasteiger partial charge is 0.411 e. The molecule has 1 aliphatic heterocycles. The molecule has 1 unspecified atom stereocenters. The van der Waals surface area contributed by atoms with Gasteiger partial charge in [0.15, 0.2) is 0 Å². The summed E-state index contributed by atoms with van der Waals surface area (Å²) in [6.45, 7) is 14.0. The molecule has 3 rings (SSSR count). The zero-order valence-corrected chi connectivity index (χ0v) is 20.3. The molecule has 6 heteroatoms. The monoisotopic (exact) mass is 440 g/mol. The Morgan fingerprint density at radius 1 is 1.06 bits per heavy atom. The number of ether oxygens (including phenoxy) is 1. The van der Waals surface area contributed by atoms with E-state index >= 15 is 0 Å². The molecule has 2 amide bonds. The summed E-state index contributed by atoms with van der Waals surface area (Å²) in [5.74, 6) is 0. The Bertz CT molecular complexity index is 984. The number of amides is 2. The lowest BCUT2D eigenvalue weighted by molar-refractivity contribution is -0.00704. The number of hydrogen-bond donors (Lipinski definition) is 1. The van der Waals surface area contributed by atoms with E-state index in [-0.39, 0.29) is 23.5 Å². The van der Waals surface area contributed by atoms with Crippen LogP contribution in [0.25, 0.3) is 10.8 Å². The van der Waals surface area contributed by atoms with Crippen molar-refractivity contribution in [3.8, 4) is 0 Å². The van der Waals surface area contributed by atoms with Gasteiger partial charge in [-0.05, 0) is 55.9 Å². The highest BCUT2D eigenvalue weighted by molar-refractivity contribution is 5.86. The van der Waals surface area contributed by atoms with E-state index in [0.717, 1.165) is 16.3 Å². The summed E-state index contributed by atoms with van der Waals surface area (Å²) < 4.78 is 5.84. The first-order valence-electron chi connectivity index (χ1n) is 11.3. The molecule has 0 aromatic heterocycles. The van der Waals surface area contributed by atoms with Crippen molar-refractivity contribution in [2.75, 3.05) is 6.54 Å². The van der Waals surface area contributed by atoms with Crippen molar-refractivity contribution in [2.45, 2.75) is 78.6 Å². The van der Waals surface area contributed by atoms with Gasteiger partial charge in [0.2, 0.25) is 0 Å². The average molecular weight is 441 g/mol. The maximum absolute atomic E-state index is 13.6. The minimum Gasteiger partial charge on any atom is -0.465 e. The molecule has 6 nitrogen and oxygen atoms in total. The van der Waals surface area contributed by atoms with Crippen LogP contribution >= 0.6 is 0 Å². The SMILES string of the molecule is C[C@H](c1cccc2ccccc12)N(C(=O)OC(C)(C)C)C1CCN(C(=O)O)[C@H]1C(C)(C)C. The van der Waals surface area contributed by atoms with Crippen LogP contribution in [0.5, 0.6) is 0 Å². The summed E-state index contributed by atoms with van der Waals surface area (Å²) in [5.41, 5.74) is 0.0180. The number of carbonyl (C=O) groups excluding carboxylic acids is 1. The molecule has 32 heavy (non-hydrogen) atoms. The first-order chi connectivity index (χ1) is 14.8. The van der Waals surface area contributed by atoms with Crippen LogP contribution in [0.1, 0.15) is 66.5 Å². The fraction of sp³-hybridized carbons (Fsp3) is 0.538. The Labute approximate surface area is 191 Å². The van der Waals surface area contributed by atoms with Crippen molar-refractivity contribution in [1.29, 1.82) is 0 Å². The molecule has 174 valence electrons. The molecule has 0 bridgehead atoms. The van der Waals surface area contributed by atoms with E-state index < -0.39 is 17.8 Å². The maximum Gasteiger partial charge on any atom is 0.411 e. The predicted octanol–water partition coefficient (Wildman–Crippen LogP) is 6.30. The molecule has 2 aromatic rings. The number of hydrogen-bond acceptors (Lipinski definition) is 3. The standard InChI is InChI=1S/C26H36N2O4/c1-17(19-14-10-12-18-11-8-9-13-20(18)19)28(24(31)32-26(5,6)7)21-15-16-27(23(29)30)22(21)25(2,3)4/h8-14,17,21-22H,15-16H2,1-7H3,(H,29,30)/t17-,21?,22-/m1/s1. The molecule has 1 N–H and O–H groups in total. The molecule has 0 radical (unpaired) electrons. The highest BCUT2D eigenvalue weighted by Crippen LogP contribution is 2.40. The third kappa shape index (κ3) is 4.84. The highest BCUT2D eigenvalue weighted by atomic mass is 16.6. The topological polar surface area (TPSA) is 70.1 Å². The van der Waals surface area contributed by atoms with Gasteiger partial charge in [-0.15, -0.1) is 0 Å². The van der Waals surface area contributed by atoms with Crippen molar-refractivity contribution in [3.63, 3.8) is 0 Å². The summed E-state index contributed by atoms with van der Waals surface area (Å²) >= 11 is 0. The highest BCUT2D eigenvalue weighted by Gasteiger charge is 2.49. The first-order valence-corrected chi connectivity index (χ1v) is 11.3. The van der Waals surface area contributed by atoms with E-state index in [1.807, 2.05) is 72.7 Å². The van der Waals surface area contributed by atoms with Gasteiger partial charge in [0, 0.05) is 6.54 Å². The first kappa shape index (κ1) is 23.9. The van der Waals surface area contributed by atoms with Crippen LogP contribution < -0.4 is 0 Å². The van der Waals surface area contributed by atoms with Crippen LogP contribution in [0.4, 0.5) is 9.59 Å². The molecular formula is C26H36N2O4. The lowest BCUT2D eigenvalue weighted by atomic mass is 9.81. The van der Waals surface area contributed by atoms with Crippen molar-refractivity contribution < 1.29 is 19.4 Å². The van der Waals surface area contributed by atoms with Crippen LogP contribution in [0.2, 0.25) is 0 Å². The fourth-order valence-corrected chi connectivity index (χ4v) is 4.99. The van der Waals surface area contributed by atoms with E-state index in [0.29, 0.717) is 13.0 Å². The molecule has 1 saturated heterocycles. The Balaban J connectivity index is 2.11. The zero-order chi connectivity index (χ0) is 23.8. The van der Waals surface area contributed by atoms with E-state index in [1.54, 1.807) is 4.90 Å². The zero-order valence-electron chi connectivity index (χ0n) is 20.3. The van der Waals surface area contributed by atoms with Crippen LogP contribution in [0.15, 0.2) is 42.5 Å². The maximum atomic E-state index is 13.6. The summed E-state index contributed by atoms with van der Waals surface area (Å²) in [6.07, 6.45) is -0.790. The largest absolute Gasteiger partial charge is 0.465 e. The second kappa shape index (κ2) is 8.64. The van der Waals surface area contributed by atoms with Gasteiger partial charge in [0.25, 0.3) is 0 Å². The molecule has 0 saturated carbocycles. The van der Waals surface area contributed by atoms with Gasteiger partial charge in [-0.3, -0.25) is 4.90 Å². The summed E-state index contributed by atoms with van der Waals surface area (Å²) in [5, 5.41) is 12.0. The van der Waals surface area contributed by atoms with Gasteiger partial charge in [0.1, 0.15) is 5.60 Å². The molecule has 3 atom stereocenters. The normalized spacial score (nSPS) is 20.3. The van der Waals surface area contributed by atoms with Crippen LogP contribution in [-0.4, -0.2) is 51.3 Å². The van der Waals surface area contributed by atoms with Gasteiger partial charge in [-0.2, -0.15) is 0 Å². The quantitative estimate of drug-likeness (QED) is 0.607. The van der Waals surface area contributed by atoms with Gasteiger partial charge in [-0.1, -0.05) is 63.2 Å². The Morgan fingerprint density at radius 3 is 2.28 bits per heavy atom. The number of benzene rings is 2. The van der Waals surface area contributed by atoms with Gasteiger partial charge >= 0.3 is 12.2 Å². The lowest BCUT2D eigenvalue weighted by Gasteiger charge is -2.44. The van der Waals surface area contributed by atoms with E-state index in [4.69, 9.17) is 4.74 Å². The Kier molecular flexibility index (Phi) is 6.45. The van der Waals surface area contributed by atoms with Gasteiger partial charge in [0.05, 0.1) is 18.1 Å².